The normalized spacial score (nSPS) is 15.3. The zero-order chi connectivity index (χ0) is 22.4. The highest BCUT2D eigenvalue weighted by Gasteiger charge is 2.35. The number of halogens is 1. The Bertz CT molecular complexity index is 1060. The summed E-state index contributed by atoms with van der Waals surface area (Å²) in [6, 6.07) is 10.4. The van der Waals surface area contributed by atoms with Gasteiger partial charge >= 0.3 is 0 Å². The van der Waals surface area contributed by atoms with Gasteiger partial charge in [0.05, 0.1) is 18.5 Å². The van der Waals surface area contributed by atoms with Crippen LogP contribution >= 0.6 is 22.7 Å². The Kier molecular flexibility index (Phi) is 7.29. The summed E-state index contributed by atoms with van der Waals surface area (Å²) in [5.74, 6) is -0.570. The number of benzene rings is 1. The van der Waals surface area contributed by atoms with Gasteiger partial charge in [0.25, 0.3) is 0 Å². The molecule has 1 fully saturated rings. The monoisotopic (exact) mass is 473 g/mol. The lowest BCUT2D eigenvalue weighted by atomic mass is 9.74. The number of nitrogens with zero attached hydrogens (tertiary/aromatic N) is 1. The number of anilines is 1. The van der Waals surface area contributed by atoms with Gasteiger partial charge in [0.2, 0.25) is 11.8 Å². The molecule has 0 radical (unpaired) electrons. The number of carbonyl (C=O) groups is 2. The summed E-state index contributed by atoms with van der Waals surface area (Å²) in [7, 11) is 0. The van der Waals surface area contributed by atoms with Crippen molar-refractivity contribution in [2.75, 3.05) is 25.1 Å². The highest BCUT2D eigenvalue weighted by Crippen LogP contribution is 2.34. The van der Waals surface area contributed by atoms with Crippen LogP contribution in [0.3, 0.4) is 0 Å². The Balaban J connectivity index is 1.32. The number of rotatable bonds is 8. The number of ether oxygens (including phenoxy) is 1. The maximum absolute atomic E-state index is 13.8. The number of hydrogen-bond donors (Lipinski definition) is 2. The predicted octanol–water partition coefficient (Wildman–Crippen LogP) is 3.93. The van der Waals surface area contributed by atoms with E-state index in [4.69, 9.17) is 4.74 Å². The molecular weight excluding hydrogens is 449 g/mol. The molecule has 0 spiro atoms. The SMILES string of the molecule is O=C(Cc1csc(NC(=O)Cc2cccs2)n1)NCC1(c2cccc(F)c2)CCOCC1. The first-order chi connectivity index (χ1) is 15.5. The molecule has 4 rings (SSSR count). The van der Waals surface area contributed by atoms with Crippen molar-refractivity contribution in [1.82, 2.24) is 10.3 Å². The molecule has 2 amide bonds. The van der Waals surface area contributed by atoms with Gasteiger partial charge in [-0.25, -0.2) is 9.37 Å². The van der Waals surface area contributed by atoms with Crippen LogP contribution in [0.15, 0.2) is 47.2 Å². The van der Waals surface area contributed by atoms with Crippen LogP contribution in [0, 0.1) is 5.82 Å². The highest BCUT2D eigenvalue weighted by molar-refractivity contribution is 7.14. The van der Waals surface area contributed by atoms with Crippen molar-refractivity contribution >= 4 is 39.6 Å². The first-order valence-electron chi connectivity index (χ1n) is 10.4. The van der Waals surface area contributed by atoms with E-state index in [-0.39, 0.29) is 29.5 Å². The molecule has 1 aliphatic rings. The molecule has 0 bridgehead atoms. The number of aromatic nitrogens is 1. The summed E-state index contributed by atoms with van der Waals surface area (Å²) in [4.78, 5) is 30.1. The molecule has 2 aromatic heterocycles. The van der Waals surface area contributed by atoms with E-state index in [9.17, 15) is 14.0 Å². The molecule has 3 aromatic rings. The van der Waals surface area contributed by atoms with Gasteiger partial charge in [-0.2, -0.15) is 0 Å². The maximum atomic E-state index is 13.8. The van der Waals surface area contributed by atoms with E-state index >= 15 is 0 Å². The van der Waals surface area contributed by atoms with Gasteiger partial charge in [0.1, 0.15) is 5.82 Å². The molecule has 9 heteroatoms. The van der Waals surface area contributed by atoms with Gasteiger partial charge in [-0.3, -0.25) is 9.59 Å². The third kappa shape index (κ3) is 5.79. The number of nitrogens with one attached hydrogen (secondary N) is 2. The molecular formula is C23H24FN3O3S2. The third-order valence-corrected chi connectivity index (χ3v) is 7.25. The fourth-order valence-electron chi connectivity index (χ4n) is 3.82. The number of thiazole rings is 1. The van der Waals surface area contributed by atoms with Crippen LogP contribution in [0.4, 0.5) is 9.52 Å². The van der Waals surface area contributed by atoms with Gasteiger partial charge in [0.15, 0.2) is 5.13 Å². The summed E-state index contributed by atoms with van der Waals surface area (Å²) in [6.45, 7) is 1.56. The number of carbonyl (C=O) groups excluding carboxylic acids is 2. The number of hydrogen-bond acceptors (Lipinski definition) is 6. The van der Waals surface area contributed by atoms with Gasteiger partial charge in [-0.1, -0.05) is 18.2 Å². The molecule has 1 aromatic carbocycles. The lowest BCUT2D eigenvalue weighted by Crippen LogP contribution is -2.45. The molecule has 2 N–H and O–H groups in total. The van der Waals surface area contributed by atoms with Gasteiger partial charge < -0.3 is 15.4 Å². The summed E-state index contributed by atoms with van der Waals surface area (Å²) in [5.41, 5.74) is 1.13. The third-order valence-electron chi connectivity index (χ3n) is 5.57. The van der Waals surface area contributed by atoms with Crippen molar-refractivity contribution in [1.29, 1.82) is 0 Å². The minimum atomic E-state index is -0.348. The van der Waals surface area contributed by atoms with Crippen LogP contribution in [-0.4, -0.2) is 36.6 Å². The van der Waals surface area contributed by atoms with Crippen molar-refractivity contribution in [3.63, 3.8) is 0 Å². The van der Waals surface area contributed by atoms with Crippen LogP contribution in [-0.2, 0) is 32.6 Å². The second-order valence-corrected chi connectivity index (χ2v) is 9.70. The Morgan fingerprint density at radius 3 is 2.69 bits per heavy atom. The van der Waals surface area contributed by atoms with Crippen molar-refractivity contribution in [2.24, 2.45) is 0 Å². The fraction of sp³-hybridized carbons (Fsp3) is 0.348. The Morgan fingerprint density at radius 1 is 1.09 bits per heavy atom. The van der Waals surface area contributed by atoms with Crippen LogP contribution in [0.2, 0.25) is 0 Å². The summed E-state index contributed by atoms with van der Waals surface area (Å²) >= 11 is 2.83. The Hall–Kier alpha value is -2.62. The molecule has 6 nitrogen and oxygen atoms in total. The van der Waals surface area contributed by atoms with Crippen molar-refractivity contribution < 1.29 is 18.7 Å². The van der Waals surface area contributed by atoms with Crippen LogP contribution < -0.4 is 10.6 Å². The standard InChI is InChI=1S/C23H24FN3O3S2/c24-17-4-1-3-16(11-17)23(6-8-30-9-7-23)15-25-20(28)12-18-14-32-22(26-18)27-21(29)13-19-5-2-10-31-19/h1-5,10-11,14H,6-9,12-13,15H2,(H,25,28)(H,26,27,29). The van der Waals surface area contributed by atoms with E-state index in [1.165, 1.54) is 28.7 Å². The van der Waals surface area contributed by atoms with Crippen LogP contribution in [0.25, 0.3) is 0 Å². The average molecular weight is 474 g/mol. The number of thiophene rings is 1. The van der Waals surface area contributed by atoms with E-state index < -0.39 is 0 Å². The van der Waals surface area contributed by atoms with Crippen molar-refractivity contribution in [3.8, 4) is 0 Å². The van der Waals surface area contributed by atoms with E-state index in [1.54, 1.807) is 17.5 Å². The lowest BCUT2D eigenvalue weighted by Gasteiger charge is -2.38. The fourth-order valence-corrected chi connectivity index (χ4v) is 5.25. The van der Waals surface area contributed by atoms with Gasteiger partial charge in [-0.15, -0.1) is 22.7 Å². The second kappa shape index (κ2) is 10.3. The van der Waals surface area contributed by atoms with Crippen molar-refractivity contribution in [2.45, 2.75) is 31.1 Å². The molecule has 0 atom stereocenters. The predicted molar refractivity (Wildman–Crippen MR) is 124 cm³/mol. The van der Waals surface area contributed by atoms with Gasteiger partial charge in [0, 0.05) is 35.4 Å². The number of amides is 2. The summed E-state index contributed by atoms with van der Waals surface area (Å²) in [6.07, 6.45) is 1.85. The summed E-state index contributed by atoms with van der Waals surface area (Å²) in [5, 5.41) is 9.97. The quantitative estimate of drug-likeness (QED) is 0.520. The maximum Gasteiger partial charge on any atom is 0.231 e. The second-order valence-electron chi connectivity index (χ2n) is 7.80. The van der Waals surface area contributed by atoms with Gasteiger partial charge in [-0.05, 0) is 42.0 Å². The highest BCUT2D eigenvalue weighted by atomic mass is 32.1. The topological polar surface area (TPSA) is 80.3 Å². The first-order valence-corrected chi connectivity index (χ1v) is 12.2. The van der Waals surface area contributed by atoms with E-state index in [0.29, 0.717) is 49.8 Å². The van der Waals surface area contributed by atoms with Crippen molar-refractivity contribution in [3.05, 3.63) is 69.1 Å². The molecule has 1 aliphatic heterocycles. The zero-order valence-electron chi connectivity index (χ0n) is 17.4. The molecule has 0 saturated carbocycles. The van der Waals surface area contributed by atoms with Crippen LogP contribution in [0.1, 0.15) is 29.0 Å². The summed E-state index contributed by atoms with van der Waals surface area (Å²) < 4.78 is 19.3. The van der Waals surface area contributed by atoms with E-state index in [2.05, 4.69) is 15.6 Å². The molecule has 32 heavy (non-hydrogen) atoms. The minimum Gasteiger partial charge on any atom is -0.381 e. The molecule has 0 unspecified atom stereocenters. The minimum absolute atomic E-state index is 0.118. The molecule has 1 saturated heterocycles. The Morgan fingerprint density at radius 2 is 1.94 bits per heavy atom. The largest absolute Gasteiger partial charge is 0.381 e. The molecule has 3 heterocycles. The van der Waals surface area contributed by atoms with E-state index in [1.807, 2.05) is 23.6 Å². The zero-order valence-corrected chi connectivity index (χ0v) is 19.1. The smallest absolute Gasteiger partial charge is 0.231 e. The molecule has 0 aliphatic carbocycles. The first kappa shape index (κ1) is 22.6. The Labute approximate surface area is 193 Å². The lowest BCUT2D eigenvalue weighted by molar-refractivity contribution is -0.121. The molecule has 168 valence electrons. The van der Waals surface area contributed by atoms with Crippen LogP contribution in [0.5, 0.6) is 0 Å². The van der Waals surface area contributed by atoms with E-state index in [0.717, 1.165) is 10.4 Å². The average Bonchev–Trinajstić information content (AvgIpc) is 3.45.